The summed E-state index contributed by atoms with van der Waals surface area (Å²) in [6.45, 7) is 0.460. The lowest BCUT2D eigenvalue weighted by atomic mass is 10.1. The Bertz CT molecular complexity index is 496. The van der Waals surface area contributed by atoms with Crippen molar-refractivity contribution in [1.29, 1.82) is 0 Å². The van der Waals surface area contributed by atoms with E-state index in [-0.39, 0.29) is 6.42 Å². The number of aliphatic carboxylic acids is 1. The van der Waals surface area contributed by atoms with Gasteiger partial charge in [-0.05, 0) is 17.7 Å². The number of ether oxygens (including phenoxy) is 1. The van der Waals surface area contributed by atoms with E-state index in [1.807, 2.05) is 6.07 Å². The molecular formula is C12H11NO3S. The molecule has 2 aromatic rings. The van der Waals surface area contributed by atoms with Gasteiger partial charge in [0.2, 0.25) is 0 Å². The van der Waals surface area contributed by atoms with Crippen molar-refractivity contribution in [1.82, 2.24) is 4.98 Å². The molecule has 5 heteroatoms. The fourth-order valence-corrected chi connectivity index (χ4v) is 1.89. The van der Waals surface area contributed by atoms with E-state index in [1.165, 1.54) is 11.3 Å². The summed E-state index contributed by atoms with van der Waals surface area (Å²) in [6.07, 6.45) is 1.77. The van der Waals surface area contributed by atoms with Crippen LogP contribution in [-0.2, 0) is 17.8 Å². The Kier molecular flexibility index (Phi) is 3.72. The second kappa shape index (κ2) is 5.45. The van der Waals surface area contributed by atoms with Crippen LogP contribution in [0, 0.1) is 0 Å². The van der Waals surface area contributed by atoms with E-state index in [4.69, 9.17) is 9.84 Å². The zero-order chi connectivity index (χ0) is 12.1. The lowest BCUT2D eigenvalue weighted by Crippen LogP contribution is -2.00. The molecule has 0 aliphatic carbocycles. The van der Waals surface area contributed by atoms with Gasteiger partial charge in [0, 0.05) is 6.20 Å². The van der Waals surface area contributed by atoms with E-state index in [1.54, 1.807) is 29.9 Å². The molecule has 0 atom stereocenters. The first kappa shape index (κ1) is 11.6. The summed E-state index contributed by atoms with van der Waals surface area (Å²) < 4.78 is 5.55. The summed E-state index contributed by atoms with van der Waals surface area (Å²) in [4.78, 5) is 15.6. The molecule has 0 radical (unpaired) electrons. The quantitative estimate of drug-likeness (QED) is 0.883. The van der Waals surface area contributed by atoms with Crippen molar-refractivity contribution >= 4 is 17.3 Å². The first-order chi connectivity index (χ1) is 8.24. The first-order valence-electron chi connectivity index (χ1n) is 5.05. The number of hydrogen-bond acceptors (Lipinski definition) is 4. The SMILES string of the molecule is O=C(O)Cc1cccc(OCc2cncs2)c1. The largest absolute Gasteiger partial charge is 0.488 e. The Morgan fingerprint density at radius 3 is 3.06 bits per heavy atom. The van der Waals surface area contributed by atoms with Gasteiger partial charge in [0.1, 0.15) is 12.4 Å². The fraction of sp³-hybridized carbons (Fsp3) is 0.167. The maximum atomic E-state index is 10.6. The number of carboxylic acid groups (broad SMARTS) is 1. The molecule has 0 saturated carbocycles. The topological polar surface area (TPSA) is 59.4 Å². The lowest BCUT2D eigenvalue weighted by molar-refractivity contribution is -0.136. The Morgan fingerprint density at radius 1 is 1.47 bits per heavy atom. The number of hydrogen-bond donors (Lipinski definition) is 1. The van der Waals surface area contributed by atoms with E-state index in [9.17, 15) is 4.79 Å². The van der Waals surface area contributed by atoms with Crippen LogP contribution < -0.4 is 4.74 Å². The number of aromatic nitrogens is 1. The summed E-state index contributed by atoms with van der Waals surface area (Å²) in [5.74, 6) is -0.165. The van der Waals surface area contributed by atoms with E-state index in [0.29, 0.717) is 12.4 Å². The van der Waals surface area contributed by atoms with E-state index in [2.05, 4.69) is 4.98 Å². The Labute approximate surface area is 103 Å². The molecule has 1 aromatic carbocycles. The fourth-order valence-electron chi connectivity index (χ4n) is 1.39. The first-order valence-corrected chi connectivity index (χ1v) is 5.93. The monoisotopic (exact) mass is 249 g/mol. The highest BCUT2D eigenvalue weighted by Crippen LogP contribution is 2.16. The van der Waals surface area contributed by atoms with Gasteiger partial charge in [0.05, 0.1) is 16.8 Å². The van der Waals surface area contributed by atoms with Crippen LogP contribution in [0.15, 0.2) is 36.0 Å². The van der Waals surface area contributed by atoms with Gasteiger partial charge >= 0.3 is 5.97 Å². The van der Waals surface area contributed by atoms with Gasteiger partial charge in [-0.2, -0.15) is 0 Å². The molecule has 0 saturated heterocycles. The third-order valence-corrected chi connectivity index (χ3v) is 2.87. The van der Waals surface area contributed by atoms with Crippen molar-refractivity contribution in [3.63, 3.8) is 0 Å². The molecule has 0 aliphatic rings. The van der Waals surface area contributed by atoms with Gasteiger partial charge in [-0.15, -0.1) is 11.3 Å². The lowest BCUT2D eigenvalue weighted by Gasteiger charge is -2.05. The smallest absolute Gasteiger partial charge is 0.307 e. The molecule has 0 spiro atoms. The predicted octanol–water partition coefficient (Wildman–Crippen LogP) is 2.35. The second-order valence-electron chi connectivity index (χ2n) is 3.47. The number of carboxylic acids is 1. The molecule has 1 heterocycles. The predicted molar refractivity (Wildman–Crippen MR) is 64.2 cm³/mol. The summed E-state index contributed by atoms with van der Waals surface area (Å²) in [6, 6.07) is 7.12. The number of rotatable bonds is 5. The average Bonchev–Trinajstić information content (AvgIpc) is 2.79. The summed E-state index contributed by atoms with van der Waals surface area (Å²) >= 11 is 1.53. The Balaban J connectivity index is 1.98. The van der Waals surface area contributed by atoms with E-state index in [0.717, 1.165) is 10.4 Å². The van der Waals surface area contributed by atoms with Crippen LogP contribution >= 0.6 is 11.3 Å². The maximum absolute atomic E-state index is 10.6. The van der Waals surface area contributed by atoms with Gasteiger partial charge in [0.15, 0.2) is 0 Å². The Morgan fingerprint density at radius 2 is 2.35 bits per heavy atom. The van der Waals surface area contributed by atoms with Crippen LogP contribution in [0.4, 0.5) is 0 Å². The number of carbonyl (C=O) groups is 1. The molecule has 17 heavy (non-hydrogen) atoms. The van der Waals surface area contributed by atoms with Crippen LogP contribution in [0.5, 0.6) is 5.75 Å². The minimum Gasteiger partial charge on any atom is -0.488 e. The van der Waals surface area contributed by atoms with Crippen LogP contribution in [0.3, 0.4) is 0 Å². The summed E-state index contributed by atoms with van der Waals surface area (Å²) in [7, 11) is 0. The van der Waals surface area contributed by atoms with Crippen molar-refractivity contribution in [3.05, 3.63) is 46.4 Å². The third kappa shape index (κ3) is 3.57. The molecule has 0 fully saturated rings. The average molecular weight is 249 g/mol. The van der Waals surface area contributed by atoms with Crippen LogP contribution in [-0.4, -0.2) is 16.1 Å². The van der Waals surface area contributed by atoms with Crippen LogP contribution in [0.25, 0.3) is 0 Å². The van der Waals surface area contributed by atoms with Crippen molar-refractivity contribution in [3.8, 4) is 5.75 Å². The normalized spacial score (nSPS) is 10.1. The number of nitrogens with zero attached hydrogens (tertiary/aromatic N) is 1. The molecule has 1 aromatic heterocycles. The maximum Gasteiger partial charge on any atom is 0.307 e. The highest BCUT2D eigenvalue weighted by atomic mass is 32.1. The molecule has 2 rings (SSSR count). The molecular weight excluding hydrogens is 238 g/mol. The second-order valence-corrected chi connectivity index (χ2v) is 4.45. The molecule has 0 bridgehead atoms. The van der Waals surface area contributed by atoms with Gasteiger partial charge < -0.3 is 9.84 Å². The van der Waals surface area contributed by atoms with Gasteiger partial charge in [0.25, 0.3) is 0 Å². The standard InChI is InChI=1S/C12H11NO3S/c14-12(15)5-9-2-1-3-10(4-9)16-7-11-6-13-8-17-11/h1-4,6,8H,5,7H2,(H,14,15). The molecule has 88 valence electrons. The molecule has 4 nitrogen and oxygen atoms in total. The van der Waals surface area contributed by atoms with Crippen molar-refractivity contribution in [2.75, 3.05) is 0 Å². The third-order valence-electron chi connectivity index (χ3n) is 2.12. The zero-order valence-corrected chi connectivity index (χ0v) is 9.81. The van der Waals surface area contributed by atoms with Gasteiger partial charge in [-0.1, -0.05) is 12.1 Å². The van der Waals surface area contributed by atoms with Gasteiger partial charge in [-0.3, -0.25) is 9.78 Å². The van der Waals surface area contributed by atoms with Crippen LogP contribution in [0.2, 0.25) is 0 Å². The van der Waals surface area contributed by atoms with Gasteiger partial charge in [-0.25, -0.2) is 0 Å². The van der Waals surface area contributed by atoms with Crippen molar-refractivity contribution < 1.29 is 14.6 Å². The minimum absolute atomic E-state index is 0.0117. The minimum atomic E-state index is -0.843. The summed E-state index contributed by atoms with van der Waals surface area (Å²) in [5, 5.41) is 8.69. The summed E-state index contributed by atoms with van der Waals surface area (Å²) in [5.41, 5.74) is 2.49. The number of thiazole rings is 1. The molecule has 0 aliphatic heterocycles. The molecule has 0 amide bonds. The molecule has 1 N–H and O–H groups in total. The van der Waals surface area contributed by atoms with E-state index < -0.39 is 5.97 Å². The van der Waals surface area contributed by atoms with Crippen molar-refractivity contribution in [2.45, 2.75) is 13.0 Å². The van der Waals surface area contributed by atoms with E-state index >= 15 is 0 Å². The molecule has 0 unspecified atom stereocenters. The Hall–Kier alpha value is -1.88. The highest BCUT2D eigenvalue weighted by molar-refractivity contribution is 7.09. The van der Waals surface area contributed by atoms with Crippen molar-refractivity contribution in [2.24, 2.45) is 0 Å². The highest BCUT2D eigenvalue weighted by Gasteiger charge is 2.02. The zero-order valence-electron chi connectivity index (χ0n) is 9.00. The number of benzene rings is 1. The van der Waals surface area contributed by atoms with Crippen LogP contribution in [0.1, 0.15) is 10.4 Å².